The van der Waals surface area contributed by atoms with Crippen LogP contribution in [0.25, 0.3) is 0 Å². The van der Waals surface area contributed by atoms with Crippen molar-refractivity contribution in [3.05, 3.63) is 64.9 Å². The first-order valence-electron chi connectivity index (χ1n) is 8.80. The van der Waals surface area contributed by atoms with Crippen LogP contribution in [-0.4, -0.2) is 43.0 Å². The van der Waals surface area contributed by atoms with E-state index in [1.54, 1.807) is 18.2 Å². The van der Waals surface area contributed by atoms with Gasteiger partial charge in [0.25, 0.3) is 0 Å². The minimum Gasteiger partial charge on any atom is -0.369 e. The van der Waals surface area contributed by atoms with Crippen molar-refractivity contribution in [3.63, 3.8) is 0 Å². The molecule has 1 atom stereocenters. The van der Waals surface area contributed by atoms with Gasteiger partial charge >= 0.3 is 0 Å². The normalized spacial score (nSPS) is 16.3. The summed E-state index contributed by atoms with van der Waals surface area (Å²) in [6.07, 6.45) is 0. The van der Waals surface area contributed by atoms with Crippen molar-refractivity contribution in [2.75, 3.05) is 31.1 Å². The maximum Gasteiger partial charge on any atom is 0.237 e. The number of amides is 1. The summed E-state index contributed by atoms with van der Waals surface area (Å²) >= 11 is 6.06. The minimum absolute atomic E-state index is 0.0792. The number of nitrogens with one attached hydrogen (secondary N) is 1. The lowest BCUT2D eigenvalue weighted by Gasteiger charge is -2.38. The van der Waals surface area contributed by atoms with Gasteiger partial charge in [0.05, 0.1) is 6.04 Å². The molecule has 0 spiro atoms. The quantitative estimate of drug-likeness (QED) is 0.870. The SMILES string of the molecule is C[C@@H](C(=O)NCc1ccccc1F)N1CCN(c2cccc(Cl)c2)CC1. The number of halogens is 2. The molecule has 4 nitrogen and oxygen atoms in total. The van der Waals surface area contributed by atoms with E-state index in [9.17, 15) is 9.18 Å². The van der Waals surface area contributed by atoms with Crippen LogP contribution in [0.15, 0.2) is 48.5 Å². The third-order valence-corrected chi connectivity index (χ3v) is 5.06. The first-order valence-corrected chi connectivity index (χ1v) is 9.18. The number of piperazine rings is 1. The highest BCUT2D eigenvalue weighted by Gasteiger charge is 2.25. The van der Waals surface area contributed by atoms with E-state index in [0.29, 0.717) is 5.56 Å². The Labute approximate surface area is 158 Å². The van der Waals surface area contributed by atoms with Gasteiger partial charge in [0.1, 0.15) is 5.82 Å². The molecule has 0 saturated carbocycles. The Morgan fingerprint density at radius 1 is 1.15 bits per heavy atom. The average Bonchev–Trinajstić information content (AvgIpc) is 2.66. The van der Waals surface area contributed by atoms with E-state index in [0.717, 1.165) is 36.9 Å². The van der Waals surface area contributed by atoms with E-state index < -0.39 is 0 Å². The Morgan fingerprint density at radius 2 is 1.88 bits per heavy atom. The molecule has 1 saturated heterocycles. The third-order valence-electron chi connectivity index (χ3n) is 4.83. The molecule has 0 aliphatic carbocycles. The van der Waals surface area contributed by atoms with Crippen LogP contribution in [-0.2, 0) is 11.3 Å². The lowest BCUT2D eigenvalue weighted by Crippen LogP contribution is -2.53. The Hall–Kier alpha value is -2.11. The van der Waals surface area contributed by atoms with Crippen molar-refractivity contribution in [1.29, 1.82) is 0 Å². The molecule has 0 bridgehead atoms. The second kappa shape index (κ2) is 8.52. The van der Waals surface area contributed by atoms with Crippen molar-refractivity contribution < 1.29 is 9.18 Å². The molecule has 3 rings (SSSR count). The molecule has 6 heteroatoms. The highest BCUT2D eigenvalue weighted by molar-refractivity contribution is 6.30. The zero-order valence-electron chi connectivity index (χ0n) is 14.8. The smallest absolute Gasteiger partial charge is 0.237 e. The van der Waals surface area contributed by atoms with E-state index >= 15 is 0 Å². The molecule has 2 aromatic carbocycles. The zero-order valence-corrected chi connectivity index (χ0v) is 15.5. The molecular formula is C20H23ClFN3O. The average molecular weight is 376 g/mol. The third kappa shape index (κ3) is 4.54. The van der Waals surface area contributed by atoms with Gasteiger partial charge in [0, 0.05) is 49.0 Å². The van der Waals surface area contributed by atoms with E-state index in [1.807, 2.05) is 31.2 Å². The van der Waals surface area contributed by atoms with Gasteiger partial charge < -0.3 is 10.2 Å². The number of benzene rings is 2. The van der Waals surface area contributed by atoms with Gasteiger partial charge in [-0.3, -0.25) is 9.69 Å². The van der Waals surface area contributed by atoms with Crippen molar-refractivity contribution in [2.24, 2.45) is 0 Å². The van der Waals surface area contributed by atoms with Crippen LogP contribution >= 0.6 is 11.6 Å². The lowest BCUT2D eigenvalue weighted by molar-refractivity contribution is -0.126. The minimum atomic E-state index is -0.296. The number of nitrogens with zero attached hydrogens (tertiary/aromatic N) is 2. The summed E-state index contributed by atoms with van der Waals surface area (Å²) < 4.78 is 13.7. The van der Waals surface area contributed by atoms with E-state index in [-0.39, 0.29) is 24.3 Å². The molecule has 138 valence electrons. The fourth-order valence-electron chi connectivity index (χ4n) is 3.18. The summed E-state index contributed by atoms with van der Waals surface area (Å²) in [4.78, 5) is 16.8. The highest BCUT2D eigenvalue weighted by atomic mass is 35.5. The van der Waals surface area contributed by atoms with Crippen LogP contribution in [0.4, 0.5) is 10.1 Å². The van der Waals surface area contributed by atoms with Gasteiger partial charge in [0.15, 0.2) is 0 Å². The fourth-order valence-corrected chi connectivity index (χ4v) is 3.36. The van der Waals surface area contributed by atoms with Crippen LogP contribution in [0.3, 0.4) is 0 Å². The van der Waals surface area contributed by atoms with Crippen LogP contribution in [0.2, 0.25) is 5.02 Å². The Kier molecular flexibility index (Phi) is 6.12. The van der Waals surface area contributed by atoms with Crippen molar-refractivity contribution in [1.82, 2.24) is 10.2 Å². The number of anilines is 1. The molecule has 1 amide bonds. The molecule has 1 aliphatic heterocycles. The molecule has 1 fully saturated rings. The second-order valence-electron chi connectivity index (χ2n) is 6.49. The maximum atomic E-state index is 13.7. The van der Waals surface area contributed by atoms with Crippen LogP contribution in [0.1, 0.15) is 12.5 Å². The summed E-state index contributed by atoms with van der Waals surface area (Å²) in [5.74, 6) is -0.375. The summed E-state index contributed by atoms with van der Waals surface area (Å²) in [6, 6.07) is 14.1. The van der Waals surface area contributed by atoms with Gasteiger partial charge in [-0.05, 0) is 31.2 Å². The van der Waals surface area contributed by atoms with Crippen molar-refractivity contribution in [3.8, 4) is 0 Å². The van der Waals surface area contributed by atoms with Crippen molar-refractivity contribution in [2.45, 2.75) is 19.5 Å². The van der Waals surface area contributed by atoms with Crippen LogP contribution in [0.5, 0.6) is 0 Å². The first-order chi connectivity index (χ1) is 12.5. The number of rotatable bonds is 5. The largest absolute Gasteiger partial charge is 0.369 e. The molecule has 0 aromatic heterocycles. The fraction of sp³-hybridized carbons (Fsp3) is 0.350. The molecule has 1 heterocycles. The number of carbonyl (C=O) groups excluding carboxylic acids is 1. The van der Waals surface area contributed by atoms with E-state index in [2.05, 4.69) is 15.1 Å². The summed E-state index contributed by atoms with van der Waals surface area (Å²) in [5.41, 5.74) is 1.60. The van der Waals surface area contributed by atoms with Crippen LogP contribution < -0.4 is 10.2 Å². The Bertz CT molecular complexity index is 762. The Morgan fingerprint density at radius 3 is 2.58 bits per heavy atom. The van der Waals surface area contributed by atoms with Gasteiger partial charge in [0.2, 0.25) is 5.91 Å². The zero-order chi connectivity index (χ0) is 18.5. The molecule has 2 aromatic rings. The monoisotopic (exact) mass is 375 g/mol. The Balaban J connectivity index is 1.50. The molecule has 26 heavy (non-hydrogen) atoms. The summed E-state index contributed by atoms with van der Waals surface area (Å²) in [5, 5.41) is 3.56. The molecule has 0 radical (unpaired) electrons. The molecule has 1 aliphatic rings. The predicted molar refractivity (Wildman–Crippen MR) is 103 cm³/mol. The van der Waals surface area contributed by atoms with Gasteiger partial charge in [-0.15, -0.1) is 0 Å². The number of hydrogen-bond acceptors (Lipinski definition) is 3. The van der Waals surface area contributed by atoms with Gasteiger partial charge in [-0.25, -0.2) is 4.39 Å². The number of carbonyl (C=O) groups is 1. The topological polar surface area (TPSA) is 35.6 Å². The van der Waals surface area contributed by atoms with Gasteiger partial charge in [-0.1, -0.05) is 35.9 Å². The molecular weight excluding hydrogens is 353 g/mol. The van der Waals surface area contributed by atoms with E-state index in [1.165, 1.54) is 6.07 Å². The summed E-state index contributed by atoms with van der Waals surface area (Å²) in [7, 11) is 0. The highest BCUT2D eigenvalue weighted by Crippen LogP contribution is 2.21. The van der Waals surface area contributed by atoms with E-state index in [4.69, 9.17) is 11.6 Å². The lowest BCUT2D eigenvalue weighted by atomic mass is 10.1. The van der Waals surface area contributed by atoms with Crippen LogP contribution in [0, 0.1) is 5.82 Å². The van der Waals surface area contributed by atoms with Crippen molar-refractivity contribution >= 4 is 23.2 Å². The van der Waals surface area contributed by atoms with Gasteiger partial charge in [-0.2, -0.15) is 0 Å². The standard InChI is InChI=1S/C20H23ClFN3O/c1-15(20(26)23-14-16-5-2-3-8-19(16)22)24-9-11-25(12-10-24)18-7-4-6-17(21)13-18/h2-8,13,15H,9-12,14H2,1H3,(H,23,26)/t15-/m0/s1. The first kappa shape index (κ1) is 18.7. The summed E-state index contributed by atoms with van der Waals surface area (Å²) in [6.45, 7) is 5.36. The predicted octanol–water partition coefficient (Wildman–Crippen LogP) is 3.31. The number of hydrogen-bond donors (Lipinski definition) is 1. The second-order valence-corrected chi connectivity index (χ2v) is 6.92. The molecule has 1 N–H and O–H groups in total. The molecule has 0 unspecified atom stereocenters. The maximum absolute atomic E-state index is 13.7.